The first-order chi connectivity index (χ1) is 10.4. The van der Waals surface area contributed by atoms with Crippen molar-refractivity contribution in [3.05, 3.63) is 59.9 Å². The van der Waals surface area contributed by atoms with Gasteiger partial charge < -0.3 is 14.8 Å². The van der Waals surface area contributed by atoms with Gasteiger partial charge in [0.05, 0.1) is 12.3 Å². The second-order valence-corrected chi connectivity index (χ2v) is 4.73. The van der Waals surface area contributed by atoms with Gasteiger partial charge in [-0.25, -0.2) is 0 Å². The summed E-state index contributed by atoms with van der Waals surface area (Å²) in [6.45, 7) is 2.95. The molecule has 0 bridgehead atoms. The number of hydrogen-bond donors (Lipinski definition) is 1. The molecule has 2 rings (SSSR count). The Morgan fingerprint density at radius 1 is 1.05 bits per heavy atom. The Kier molecular flexibility index (Phi) is 6.71. The second-order valence-electron chi connectivity index (χ2n) is 4.73. The van der Waals surface area contributed by atoms with Crippen LogP contribution in [-0.2, 0) is 17.7 Å². The minimum atomic E-state index is 0.643. The molecule has 0 saturated heterocycles. The molecule has 1 aromatic carbocycles. The van der Waals surface area contributed by atoms with E-state index in [1.165, 1.54) is 5.56 Å². The van der Waals surface area contributed by atoms with Crippen LogP contribution in [0.15, 0.2) is 48.7 Å². The number of rotatable bonds is 9. The number of pyridine rings is 1. The zero-order chi connectivity index (χ0) is 14.8. The van der Waals surface area contributed by atoms with E-state index in [-0.39, 0.29) is 0 Å². The molecule has 0 aliphatic heterocycles. The molecule has 1 heterocycles. The average molecular weight is 286 g/mol. The molecule has 0 amide bonds. The zero-order valence-corrected chi connectivity index (χ0v) is 12.4. The molecule has 4 heteroatoms. The van der Waals surface area contributed by atoms with Gasteiger partial charge in [0.15, 0.2) is 0 Å². The Labute approximate surface area is 126 Å². The predicted octanol–water partition coefficient (Wildman–Crippen LogP) is 2.44. The molecule has 2 aromatic rings. The number of benzene rings is 1. The number of nitrogens with zero attached hydrogens (tertiary/aromatic N) is 1. The molecular weight excluding hydrogens is 264 g/mol. The Hall–Kier alpha value is -1.91. The molecule has 0 saturated carbocycles. The molecule has 21 heavy (non-hydrogen) atoms. The summed E-state index contributed by atoms with van der Waals surface area (Å²) in [5.41, 5.74) is 2.30. The lowest BCUT2D eigenvalue weighted by Gasteiger charge is -2.08. The van der Waals surface area contributed by atoms with E-state index in [1.54, 1.807) is 13.3 Å². The van der Waals surface area contributed by atoms with Crippen LogP contribution in [0.4, 0.5) is 0 Å². The Morgan fingerprint density at radius 3 is 2.62 bits per heavy atom. The highest BCUT2D eigenvalue weighted by molar-refractivity contribution is 5.27. The fourth-order valence-corrected chi connectivity index (χ4v) is 1.93. The van der Waals surface area contributed by atoms with E-state index in [9.17, 15) is 0 Å². The molecule has 112 valence electrons. The first-order valence-corrected chi connectivity index (χ1v) is 7.20. The molecule has 0 atom stereocenters. The third kappa shape index (κ3) is 5.94. The van der Waals surface area contributed by atoms with Gasteiger partial charge in [-0.2, -0.15) is 0 Å². The van der Waals surface area contributed by atoms with Gasteiger partial charge in [-0.05, 0) is 36.2 Å². The molecule has 1 aromatic heterocycles. The van der Waals surface area contributed by atoms with Gasteiger partial charge in [0.2, 0.25) is 0 Å². The topological polar surface area (TPSA) is 43.4 Å². The Balaban J connectivity index is 1.62. The number of nitrogens with one attached hydrogen (secondary N) is 1. The van der Waals surface area contributed by atoms with Crippen molar-refractivity contribution < 1.29 is 9.47 Å². The minimum absolute atomic E-state index is 0.643. The third-order valence-electron chi connectivity index (χ3n) is 3.10. The lowest BCUT2D eigenvalue weighted by atomic mass is 10.1. The smallest absolute Gasteiger partial charge is 0.119 e. The maximum atomic E-state index is 5.69. The van der Waals surface area contributed by atoms with Crippen molar-refractivity contribution in [1.29, 1.82) is 0 Å². The monoisotopic (exact) mass is 286 g/mol. The van der Waals surface area contributed by atoms with Crippen molar-refractivity contribution in [2.45, 2.75) is 13.0 Å². The highest BCUT2D eigenvalue weighted by Gasteiger charge is 1.97. The first-order valence-electron chi connectivity index (χ1n) is 7.20. The quantitative estimate of drug-likeness (QED) is 0.719. The van der Waals surface area contributed by atoms with Crippen LogP contribution >= 0.6 is 0 Å². The zero-order valence-electron chi connectivity index (χ0n) is 12.4. The molecule has 0 fully saturated rings. The van der Waals surface area contributed by atoms with Crippen LogP contribution in [0.2, 0.25) is 0 Å². The average Bonchev–Trinajstić information content (AvgIpc) is 2.55. The number of ether oxygens (including phenoxy) is 2. The first kappa shape index (κ1) is 15.5. The number of aromatic nitrogens is 1. The number of hydrogen-bond acceptors (Lipinski definition) is 4. The highest BCUT2D eigenvalue weighted by Crippen LogP contribution is 2.12. The number of methoxy groups -OCH3 is 1. The lowest BCUT2D eigenvalue weighted by molar-refractivity contribution is 0.202. The van der Waals surface area contributed by atoms with Crippen molar-refractivity contribution in [3.63, 3.8) is 0 Å². The molecular formula is C17H22N2O2. The molecule has 0 radical (unpaired) electrons. The van der Waals surface area contributed by atoms with E-state index in [0.29, 0.717) is 6.61 Å². The predicted molar refractivity (Wildman–Crippen MR) is 83.5 cm³/mol. The lowest BCUT2D eigenvalue weighted by Crippen LogP contribution is -2.21. The van der Waals surface area contributed by atoms with Gasteiger partial charge in [-0.15, -0.1) is 0 Å². The van der Waals surface area contributed by atoms with Gasteiger partial charge in [0.1, 0.15) is 12.4 Å². The van der Waals surface area contributed by atoms with Crippen LogP contribution in [0.25, 0.3) is 0 Å². The minimum Gasteiger partial charge on any atom is -0.492 e. The van der Waals surface area contributed by atoms with E-state index in [2.05, 4.69) is 22.4 Å². The van der Waals surface area contributed by atoms with Crippen molar-refractivity contribution in [2.75, 3.05) is 26.9 Å². The van der Waals surface area contributed by atoms with Crippen LogP contribution in [0, 0.1) is 0 Å². The van der Waals surface area contributed by atoms with Crippen LogP contribution in [0.5, 0.6) is 5.75 Å². The summed E-state index contributed by atoms with van der Waals surface area (Å²) < 4.78 is 10.7. The van der Waals surface area contributed by atoms with Gasteiger partial charge in [0.25, 0.3) is 0 Å². The summed E-state index contributed by atoms with van der Waals surface area (Å²) in [4.78, 5) is 4.26. The summed E-state index contributed by atoms with van der Waals surface area (Å²) in [7, 11) is 1.72. The van der Waals surface area contributed by atoms with E-state index in [1.807, 2.05) is 30.3 Å². The molecule has 1 N–H and O–H groups in total. The fourth-order valence-electron chi connectivity index (χ4n) is 1.93. The van der Waals surface area contributed by atoms with Gasteiger partial charge in [-0.1, -0.05) is 18.2 Å². The molecule has 0 aliphatic rings. The van der Waals surface area contributed by atoms with Crippen LogP contribution in [-0.4, -0.2) is 31.9 Å². The summed E-state index contributed by atoms with van der Waals surface area (Å²) >= 11 is 0. The largest absolute Gasteiger partial charge is 0.492 e. The summed E-state index contributed by atoms with van der Waals surface area (Å²) in [5.74, 6) is 0.899. The van der Waals surface area contributed by atoms with Crippen LogP contribution < -0.4 is 10.1 Å². The van der Waals surface area contributed by atoms with Crippen molar-refractivity contribution in [1.82, 2.24) is 10.3 Å². The van der Waals surface area contributed by atoms with Gasteiger partial charge in [-0.3, -0.25) is 4.98 Å². The Bertz CT molecular complexity index is 500. The van der Waals surface area contributed by atoms with Crippen LogP contribution in [0.1, 0.15) is 11.3 Å². The molecule has 0 unspecified atom stereocenters. The summed E-state index contributed by atoms with van der Waals surface area (Å²) in [6, 6.07) is 14.1. The highest BCUT2D eigenvalue weighted by atomic mass is 16.5. The normalized spacial score (nSPS) is 10.5. The fraction of sp³-hybridized carbons (Fsp3) is 0.353. The van der Waals surface area contributed by atoms with Crippen LogP contribution in [0.3, 0.4) is 0 Å². The van der Waals surface area contributed by atoms with E-state index >= 15 is 0 Å². The Morgan fingerprint density at radius 2 is 1.90 bits per heavy atom. The van der Waals surface area contributed by atoms with E-state index in [4.69, 9.17) is 9.47 Å². The maximum absolute atomic E-state index is 5.69. The van der Waals surface area contributed by atoms with E-state index in [0.717, 1.165) is 37.6 Å². The second kappa shape index (κ2) is 9.10. The summed E-state index contributed by atoms with van der Waals surface area (Å²) in [5, 5.41) is 3.31. The standard InChI is InChI=1S/C17H22N2O2/c1-20-12-9-15-5-7-17(8-6-15)21-13-11-18-14-16-4-2-3-10-19-16/h2-8,10,18H,9,11-14H2,1H3. The van der Waals surface area contributed by atoms with Crippen molar-refractivity contribution >= 4 is 0 Å². The molecule has 4 nitrogen and oxygen atoms in total. The van der Waals surface area contributed by atoms with Crippen molar-refractivity contribution in [3.8, 4) is 5.75 Å². The SMILES string of the molecule is COCCc1ccc(OCCNCc2ccccn2)cc1. The van der Waals surface area contributed by atoms with E-state index < -0.39 is 0 Å². The third-order valence-corrected chi connectivity index (χ3v) is 3.10. The molecule has 0 spiro atoms. The summed E-state index contributed by atoms with van der Waals surface area (Å²) in [6.07, 6.45) is 2.74. The van der Waals surface area contributed by atoms with Gasteiger partial charge >= 0.3 is 0 Å². The maximum Gasteiger partial charge on any atom is 0.119 e. The van der Waals surface area contributed by atoms with Crippen molar-refractivity contribution in [2.24, 2.45) is 0 Å². The van der Waals surface area contributed by atoms with Gasteiger partial charge in [0, 0.05) is 26.4 Å². The molecule has 0 aliphatic carbocycles.